The summed E-state index contributed by atoms with van der Waals surface area (Å²) in [6.45, 7) is 4.53. The third-order valence-electron chi connectivity index (χ3n) is 4.73. The van der Waals surface area contributed by atoms with Crippen molar-refractivity contribution in [2.24, 2.45) is 0 Å². The van der Waals surface area contributed by atoms with Crippen LogP contribution < -0.4 is 10.1 Å². The number of nitrogens with zero attached hydrogens (tertiary/aromatic N) is 2. The molecule has 0 bridgehead atoms. The molecule has 1 N–H and O–H groups in total. The molecular formula is C21H26FN3O2. The molecule has 1 saturated heterocycles. The van der Waals surface area contributed by atoms with Crippen LogP contribution in [-0.4, -0.2) is 34.9 Å². The number of nitrogens with one attached hydrogen (secondary N) is 1. The van der Waals surface area contributed by atoms with Crippen LogP contribution in [0.2, 0.25) is 0 Å². The molecule has 1 aliphatic heterocycles. The van der Waals surface area contributed by atoms with Gasteiger partial charge in [0.1, 0.15) is 11.6 Å². The highest BCUT2D eigenvalue weighted by atomic mass is 19.1. The molecule has 6 heteroatoms. The molecule has 5 nitrogen and oxygen atoms in total. The molecule has 144 valence electrons. The minimum absolute atomic E-state index is 0.0320. The van der Waals surface area contributed by atoms with Crippen LogP contribution in [0.25, 0.3) is 0 Å². The summed E-state index contributed by atoms with van der Waals surface area (Å²) in [6, 6.07) is 9.39. The smallest absolute Gasteiger partial charge is 0.237 e. The largest absolute Gasteiger partial charge is 0.439 e. The Balaban J connectivity index is 1.57. The van der Waals surface area contributed by atoms with Crippen LogP contribution in [0, 0.1) is 5.82 Å². The van der Waals surface area contributed by atoms with Gasteiger partial charge >= 0.3 is 0 Å². The SMILES string of the molecule is CCCN1CCCCC1C(=O)NCc1ccnc(Oc2ccc(F)cc2)c1. The maximum absolute atomic E-state index is 13.0. The molecule has 1 fully saturated rings. The van der Waals surface area contributed by atoms with Crippen molar-refractivity contribution in [3.05, 3.63) is 54.0 Å². The zero-order valence-corrected chi connectivity index (χ0v) is 15.7. The van der Waals surface area contributed by atoms with Gasteiger partial charge in [0.05, 0.1) is 6.04 Å². The number of rotatable bonds is 7. The number of carbonyl (C=O) groups is 1. The first-order valence-electron chi connectivity index (χ1n) is 9.56. The highest BCUT2D eigenvalue weighted by Crippen LogP contribution is 2.21. The third-order valence-corrected chi connectivity index (χ3v) is 4.73. The topological polar surface area (TPSA) is 54.5 Å². The third kappa shape index (κ3) is 5.50. The number of ether oxygens (including phenoxy) is 1. The Morgan fingerprint density at radius 2 is 2.11 bits per heavy atom. The fourth-order valence-electron chi connectivity index (χ4n) is 3.39. The normalized spacial score (nSPS) is 17.5. The van der Waals surface area contributed by atoms with Crippen molar-refractivity contribution in [3.63, 3.8) is 0 Å². The van der Waals surface area contributed by atoms with Gasteiger partial charge < -0.3 is 10.1 Å². The summed E-state index contributed by atoms with van der Waals surface area (Å²) in [4.78, 5) is 19.1. The molecule has 1 aromatic heterocycles. The number of pyridine rings is 1. The average Bonchev–Trinajstić information content (AvgIpc) is 2.69. The standard InChI is InChI=1S/C21H26FN3O2/c1-2-12-25-13-4-3-5-19(25)21(26)24-15-16-10-11-23-20(14-16)27-18-8-6-17(22)7-9-18/h6-11,14,19H,2-5,12-13,15H2,1H3,(H,24,26). The highest BCUT2D eigenvalue weighted by molar-refractivity contribution is 5.81. The molecule has 1 amide bonds. The maximum Gasteiger partial charge on any atom is 0.237 e. The van der Waals surface area contributed by atoms with E-state index in [9.17, 15) is 9.18 Å². The molecule has 1 atom stereocenters. The zero-order chi connectivity index (χ0) is 19.1. The van der Waals surface area contributed by atoms with Gasteiger partial charge in [0, 0.05) is 18.8 Å². The highest BCUT2D eigenvalue weighted by Gasteiger charge is 2.27. The Morgan fingerprint density at radius 1 is 1.30 bits per heavy atom. The van der Waals surface area contributed by atoms with Gasteiger partial charge in [-0.1, -0.05) is 13.3 Å². The Morgan fingerprint density at radius 3 is 2.89 bits per heavy atom. The van der Waals surface area contributed by atoms with E-state index in [0.717, 1.165) is 44.3 Å². The second kappa shape index (κ2) is 9.46. The lowest BCUT2D eigenvalue weighted by molar-refractivity contribution is -0.127. The quantitative estimate of drug-likeness (QED) is 0.802. The zero-order valence-electron chi connectivity index (χ0n) is 15.7. The number of hydrogen-bond donors (Lipinski definition) is 1. The van der Waals surface area contributed by atoms with E-state index in [1.54, 1.807) is 24.4 Å². The van der Waals surface area contributed by atoms with Gasteiger partial charge in [-0.25, -0.2) is 9.37 Å². The number of amides is 1. The van der Waals surface area contributed by atoms with Crippen molar-refractivity contribution in [2.45, 2.75) is 45.2 Å². The minimum Gasteiger partial charge on any atom is -0.439 e. The molecule has 0 aliphatic carbocycles. The molecule has 3 rings (SSSR count). The van der Waals surface area contributed by atoms with E-state index in [4.69, 9.17) is 4.74 Å². The number of likely N-dealkylation sites (tertiary alicyclic amines) is 1. The van der Waals surface area contributed by atoms with Crippen molar-refractivity contribution >= 4 is 5.91 Å². The van der Waals surface area contributed by atoms with E-state index in [0.29, 0.717) is 18.2 Å². The van der Waals surface area contributed by atoms with E-state index < -0.39 is 0 Å². The summed E-state index contributed by atoms with van der Waals surface area (Å²) in [5.41, 5.74) is 0.910. The molecule has 0 radical (unpaired) electrons. The van der Waals surface area contributed by atoms with Gasteiger partial charge in [0.15, 0.2) is 0 Å². The molecule has 0 saturated carbocycles. The Labute approximate surface area is 159 Å². The van der Waals surface area contributed by atoms with Crippen molar-refractivity contribution in [1.82, 2.24) is 15.2 Å². The van der Waals surface area contributed by atoms with Crippen LogP contribution >= 0.6 is 0 Å². The summed E-state index contributed by atoms with van der Waals surface area (Å²) in [5.74, 6) is 0.702. The van der Waals surface area contributed by atoms with E-state index in [1.165, 1.54) is 12.1 Å². The monoisotopic (exact) mass is 371 g/mol. The lowest BCUT2D eigenvalue weighted by atomic mass is 10.0. The fraction of sp³-hybridized carbons (Fsp3) is 0.429. The molecule has 1 aliphatic rings. The summed E-state index contributed by atoms with van der Waals surface area (Å²) in [7, 11) is 0. The minimum atomic E-state index is -0.313. The first-order chi connectivity index (χ1) is 13.2. The second-order valence-electron chi connectivity index (χ2n) is 6.82. The molecule has 1 aromatic carbocycles. The number of hydrogen-bond acceptors (Lipinski definition) is 4. The molecule has 2 heterocycles. The molecule has 1 unspecified atom stereocenters. The molecule has 0 spiro atoms. The number of aromatic nitrogens is 1. The second-order valence-corrected chi connectivity index (χ2v) is 6.82. The van der Waals surface area contributed by atoms with Crippen LogP contribution in [0.1, 0.15) is 38.2 Å². The number of halogens is 1. The van der Waals surface area contributed by atoms with Gasteiger partial charge in [0.2, 0.25) is 11.8 Å². The van der Waals surface area contributed by atoms with Crippen molar-refractivity contribution in [3.8, 4) is 11.6 Å². The number of carbonyl (C=O) groups excluding carboxylic acids is 1. The van der Waals surface area contributed by atoms with Crippen molar-refractivity contribution in [1.29, 1.82) is 0 Å². The number of piperidine rings is 1. The van der Waals surface area contributed by atoms with Crippen LogP contribution in [-0.2, 0) is 11.3 Å². The fourth-order valence-corrected chi connectivity index (χ4v) is 3.39. The summed E-state index contributed by atoms with van der Waals surface area (Å²) in [5, 5.41) is 3.04. The lowest BCUT2D eigenvalue weighted by Gasteiger charge is -2.34. The van der Waals surface area contributed by atoms with E-state index in [-0.39, 0.29) is 17.8 Å². The van der Waals surface area contributed by atoms with Crippen LogP contribution in [0.3, 0.4) is 0 Å². The number of benzene rings is 1. The summed E-state index contributed by atoms with van der Waals surface area (Å²) < 4.78 is 18.6. The first kappa shape index (κ1) is 19.3. The lowest BCUT2D eigenvalue weighted by Crippen LogP contribution is -2.49. The van der Waals surface area contributed by atoms with Gasteiger partial charge in [0.25, 0.3) is 0 Å². The Hall–Kier alpha value is -2.47. The van der Waals surface area contributed by atoms with Crippen LogP contribution in [0.15, 0.2) is 42.6 Å². The molecule has 27 heavy (non-hydrogen) atoms. The Bertz CT molecular complexity index is 749. The van der Waals surface area contributed by atoms with Crippen LogP contribution in [0.4, 0.5) is 4.39 Å². The Kier molecular flexibility index (Phi) is 6.76. The van der Waals surface area contributed by atoms with Crippen molar-refractivity contribution < 1.29 is 13.9 Å². The van der Waals surface area contributed by atoms with Gasteiger partial charge in [-0.2, -0.15) is 0 Å². The maximum atomic E-state index is 13.0. The van der Waals surface area contributed by atoms with E-state index in [2.05, 4.69) is 22.1 Å². The average molecular weight is 371 g/mol. The predicted octanol–water partition coefficient (Wildman–Crippen LogP) is 3.89. The summed E-state index contributed by atoms with van der Waals surface area (Å²) >= 11 is 0. The van der Waals surface area contributed by atoms with E-state index in [1.807, 2.05) is 6.07 Å². The molecule has 2 aromatic rings. The first-order valence-corrected chi connectivity index (χ1v) is 9.56. The van der Waals surface area contributed by atoms with Crippen molar-refractivity contribution in [2.75, 3.05) is 13.1 Å². The predicted molar refractivity (Wildman–Crippen MR) is 102 cm³/mol. The molecular weight excluding hydrogens is 345 g/mol. The van der Waals surface area contributed by atoms with E-state index >= 15 is 0 Å². The summed E-state index contributed by atoms with van der Waals surface area (Å²) in [6.07, 6.45) is 5.88. The van der Waals surface area contributed by atoms with Gasteiger partial charge in [-0.15, -0.1) is 0 Å². The van der Waals surface area contributed by atoms with Crippen LogP contribution in [0.5, 0.6) is 11.6 Å². The van der Waals surface area contributed by atoms with Gasteiger partial charge in [-0.05, 0) is 68.2 Å². The van der Waals surface area contributed by atoms with Gasteiger partial charge in [-0.3, -0.25) is 9.69 Å².